The zero-order chi connectivity index (χ0) is 20.6. The highest BCUT2D eigenvalue weighted by Gasteiger charge is 2.30. The molecule has 0 aliphatic carbocycles. The topological polar surface area (TPSA) is 55.1 Å². The summed E-state index contributed by atoms with van der Waals surface area (Å²) in [4.78, 5) is 10.9. The van der Waals surface area contributed by atoms with E-state index in [1.54, 1.807) is 11.3 Å². The highest BCUT2D eigenvalue weighted by atomic mass is 32.1. The van der Waals surface area contributed by atoms with Gasteiger partial charge in [0, 0.05) is 5.56 Å². The van der Waals surface area contributed by atoms with Crippen LogP contribution in [0, 0.1) is 0 Å². The van der Waals surface area contributed by atoms with E-state index in [4.69, 9.17) is 4.52 Å². The maximum atomic E-state index is 12.9. The molecule has 0 fully saturated rings. The van der Waals surface area contributed by atoms with Gasteiger partial charge in [0.15, 0.2) is 0 Å². The summed E-state index contributed by atoms with van der Waals surface area (Å²) in [5.74, 6) is 0.458. The third-order valence-corrected chi connectivity index (χ3v) is 5.84. The van der Waals surface area contributed by atoms with Crippen molar-refractivity contribution in [2.45, 2.75) is 25.7 Å². The minimum Gasteiger partial charge on any atom is -0.338 e. The van der Waals surface area contributed by atoms with Gasteiger partial charge in [-0.2, -0.15) is 18.2 Å². The van der Waals surface area contributed by atoms with Gasteiger partial charge in [0.1, 0.15) is 5.01 Å². The summed E-state index contributed by atoms with van der Waals surface area (Å²) < 4.78 is 45.1. The van der Waals surface area contributed by atoms with E-state index in [1.807, 2.05) is 43.1 Å². The van der Waals surface area contributed by atoms with Gasteiger partial charge < -0.3 is 4.52 Å². The lowest BCUT2D eigenvalue weighted by Gasteiger charge is -2.20. The molecule has 0 spiro atoms. The van der Waals surface area contributed by atoms with Gasteiger partial charge >= 0.3 is 6.18 Å². The number of rotatable bonds is 5. The van der Waals surface area contributed by atoms with Gasteiger partial charge in [0.2, 0.25) is 11.7 Å². The summed E-state index contributed by atoms with van der Waals surface area (Å²) in [5.41, 5.74) is 0.469. The smallest absolute Gasteiger partial charge is 0.338 e. The molecule has 0 saturated heterocycles. The zero-order valence-electron chi connectivity index (χ0n) is 15.6. The first kappa shape index (κ1) is 19.5. The maximum Gasteiger partial charge on any atom is 0.416 e. The minimum absolute atomic E-state index is 0.0105. The Bertz CT molecular complexity index is 1100. The van der Waals surface area contributed by atoms with Gasteiger partial charge in [-0.25, -0.2) is 4.98 Å². The Hall–Kier alpha value is -2.78. The highest BCUT2D eigenvalue weighted by Crippen LogP contribution is 2.32. The summed E-state index contributed by atoms with van der Waals surface area (Å²) in [5, 5.41) is 4.80. The molecular formula is C20H17F3N4OS. The van der Waals surface area contributed by atoms with Crippen LogP contribution in [0.2, 0.25) is 0 Å². The lowest BCUT2D eigenvalue weighted by atomic mass is 10.1. The summed E-state index contributed by atoms with van der Waals surface area (Å²) in [7, 11) is 1.91. The third-order valence-electron chi connectivity index (χ3n) is 4.63. The first-order valence-electron chi connectivity index (χ1n) is 8.87. The Morgan fingerprint density at radius 1 is 1.10 bits per heavy atom. The van der Waals surface area contributed by atoms with Crippen LogP contribution in [0.3, 0.4) is 0 Å². The van der Waals surface area contributed by atoms with Crippen molar-refractivity contribution in [2.24, 2.45) is 0 Å². The summed E-state index contributed by atoms with van der Waals surface area (Å²) in [6.45, 7) is 2.38. The number of hydrogen-bond acceptors (Lipinski definition) is 6. The number of hydrogen-bond donors (Lipinski definition) is 0. The molecule has 2 heterocycles. The molecule has 0 saturated carbocycles. The number of halogens is 3. The lowest BCUT2D eigenvalue weighted by Crippen LogP contribution is -2.22. The molecule has 29 heavy (non-hydrogen) atoms. The van der Waals surface area contributed by atoms with Crippen molar-refractivity contribution in [1.29, 1.82) is 0 Å². The molecule has 5 nitrogen and oxygen atoms in total. The zero-order valence-corrected chi connectivity index (χ0v) is 16.5. The van der Waals surface area contributed by atoms with Gasteiger partial charge in [0.05, 0.1) is 28.4 Å². The Labute approximate surface area is 168 Å². The first-order chi connectivity index (χ1) is 13.8. The van der Waals surface area contributed by atoms with Gasteiger partial charge in [-0.05, 0) is 38.2 Å². The van der Waals surface area contributed by atoms with E-state index >= 15 is 0 Å². The molecule has 0 aliphatic rings. The molecule has 4 aromatic rings. The van der Waals surface area contributed by atoms with Crippen LogP contribution in [-0.4, -0.2) is 27.1 Å². The van der Waals surface area contributed by atoms with Crippen LogP contribution in [0.4, 0.5) is 13.2 Å². The lowest BCUT2D eigenvalue weighted by molar-refractivity contribution is -0.137. The van der Waals surface area contributed by atoms with Crippen LogP contribution in [0.25, 0.3) is 21.6 Å². The van der Waals surface area contributed by atoms with Crippen LogP contribution >= 0.6 is 11.3 Å². The molecular weight excluding hydrogens is 401 g/mol. The second kappa shape index (κ2) is 7.57. The normalized spacial score (nSPS) is 13.3. The molecule has 0 bridgehead atoms. The van der Waals surface area contributed by atoms with E-state index in [1.165, 1.54) is 12.1 Å². The number of aromatic nitrogens is 3. The van der Waals surface area contributed by atoms with Gasteiger partial charge in [-0.15, -0.1) is 11.3 Å². The Morgan fingerprint density at radius 3 is 2.66 bits per heavy atom. The fraction of sp³-hybridized carbons (Fsp3) is 0.250. The van der Waals surface area contributed by atoms with Crippen molar-refractivity contribution >= 4 is 21.6 Å². The molecule has 150 valence electrons. The minimum atomic E-state index is -4.42. The molecule has 0 amide bonds. The van der Waals surface area contributed by atoms with E-state index in [2.05, 4.69) is 15.1 Å². The van der Waals surface area contributed by atoms with Crippen molar-refractivity contribution < 1.29 is 17.7 Å². The Balaban J connectivity index is 1.50. The number of benzene rings is 2. The number of thiazole rings is 1. The van der Waals surface area contributed by atoms with Crippen molar-refractivity contribution in [1.82, 2.24) is 20.0 Å². The molecule has 2 aromatic heterocycles. The largest absolute Gasteiger partial charge is 0.416 e. The Morgan fingerprint density at radius 2 is 1.90 bits per heavy atom. The first-order valence-corrected chi connectivity index (χ1v) is 9.69. The van der Waals surface area contributed by atoms with Crippen LogP contribution in [0.1, 0.15) is 29.4 Å². The number of fused-ring (bicyclic) bond motifs is 1. The van der Waals surface area contributed by atoms with E-state index in [-0.39, 0.29) is 17.4 Å². The summed E-state index contributed by atoms with van der Waals surface area (Å²) in [6, 6.07) is 12.8. The molecule has 0 N–H and O–H groups in total. The molecule has 4 rings (SSSR count). The van der Waals surface area contributed by atoms with Gasteiger partial charge in [-0.1, -0.05) is 29.4 Å². The predicted octanol–water partition coefficient (Wildman–Crippen LogP) is 5.56. The molecule has 2 aromatic carbocycles. The molecule has 9 heteroatoms. The summed E-state index contributed by atoms with van der Waals surface area (Å²) >= 11 is 1.62. The molecule has 0 aliphatic heterocycles. The van der Waals surface area contributed by atoms with Crippen LogP contribution in [-0.2, 0) is 12.7 Å². The average molecular weight is 418 g/mol. The van der Waals surface area contributed by atoms with Gasteiger partial charge in [0.25, 0.3) is 0 Å². The number of alkyl halides is 3. The highest BCUT2D eigenvalue weighted by molar-refractivity contribution is 7.18. The van der Waals surface area contributed by atoms with Crippen LogP contribution in [0.5, 0.6) is 0 Å². The second-order valence-electron chi connectivity index (χ2n) is 6.70. The van der Waals surface area contributed by atoms with Crippen molar-refractivity contribution in [2.75, 3.05) is 7.05 Å². The SMILES string of the molecule is CC(c1nc2ccccc2s1)N(C)Cc1nc(-c2cccc(C(F)(F)F)c2)no1. The van der Waals surface area contributed by atoms with Crippen molar-refractivity contribution in [3.8, 4) is 11.4 Å². The van der Waals surface area contributed by atoms with E-state index in [9.17, 15) is 13.2 Å². The standard InChI is InChI=1S/C20H17F3N4OS/c1-12(19-24-15-8-3-4-9-16(15)29-19)27(2)11-17-25-18(26-28-17)13-6-5-7-14(10-13)20(21,22)23/h3-10,12H,11H2,1-2H3. The van der Waals surface area contributed by atoms with Crippen LogP contribution in [0.15, 0.2) is 53.1 Å². The fourth-order valence-electron chi connectivity index (χ4n) is 2.88. The maximum absolute atomic E-state index is 12.9. The number of para-hydroxylation sites is 1. The Kier molecular flexibility index (Phi) is 5.10. The van der Waals surface area contributed by atoms with E-state index in [0.717, 1.165) is 27.4 Å². The molecule has 1 unspecified atom stereocenters. The summed E-state index contributed by atoms with van der Waals surface area (Å²) in [6.07, 6.45) is -4.42. The molecule has 0 radical (unpaired) electrons. The quantitative estimate of drug-likeness (QED) is 0.425. The molecule has 1 atom stereocenters. The fourth-order valence-corrected chi connectivity index (χ4v) is 3.96. The average Bonchev–Trinajstić information content (AvgIpc) is 3.33. The van der Waals surface area contributed by atoms with Gasteiger partial charge in [-0.3, -0.25) is 4.90 Å². The van der Waals surface area contributed by atoms with Crippen molar-refractivity contribution in [3.63, 3.8) is 0 Å². The third kappa shape index (κ3) is 4.15. The number of nitrogens with zero attached hydrogens (tertiary/aromatic N) is 4. The van der Waals surface area contributed by atoms with Crippen LogP contribution < -0.4 is 0 Å². The predicted molar refractivity (Wildman–Crippen MR) is 104 cm³/mol. The second-order valence-corrected chi connectivity index (χ2v) is 7.76. The van der Waals surface area contributed by atoms with E-state index in [0.29, 0.717) is 12.4 Å². The van der Waals surface area contributed by atoms with E-state index < -0.39 is 11.7 Å². The van der Waals surface area contributed by atoms with Crippen molar-refractivity contribution in [3.05, 3.63) is 65.0 Å². The monoisotopic (exact) mass is 418 g/mol.